The molecule has 0 aliphatic heterocycles. The van der Waals surface area contributed by atoms with Crippen molar-refractivity contribution in [2.45, 2.75) is 6.92 Å². The van der Waals surface area contributed by atoms with Gasteiger partial charge in [-0.25, -0.2) is 0 Å². The first-order valence-corrected chi connectivity index (χ1v) is 11.5. The van der Waals surface area contributed by atoms with Crippen molar-refractivity contribution in [2.24, 2.45) is 0 Å². The van der Waals surface area contributed by atoms with Crippen LogP contribution in [0.5, 0.6) is 0 Å². The summed E-state index contributed by atoms with van der Waals surface area (Å²) in [6.45, 7) is 1.96. The van der Waals surface area contributed by atoms with Crippen LogP contribution in [0.25, 0.3) is 70.3 Å². The molecule has 0 atom stereocenters. The zero-order valence-corrected chi connectivity index (χ0v) is 18.3. The molecule has 0 saturated carbocycles. The first-order valence-electron chi connectivity index (χ1n) is 11.5. The van der Waals surface area contributed by atoms with Crippen LogP contribution < -0.4 is 11.0 Å². The molecule has 0 amide bonds. The lowest BCUT2D eigenvalue weighted by atomic mass is 9.87. The lowest BCUT2D eigenvalue weighted by Gasteiger charge is -2.18. The minimum Gasteiger partial charge on any atom is -0.289 e. The molecule has 3 heteroatoms. The smallest absolute Gasteiger partial charge is 0.263 e. The molecule has 0 saturated heterocycles. The molecule has 0 aliphatic rings. The molecule has 34 heavy (non-hydrogen) atoms. The average Bonchev–Trinajstić information content (AvgIpc) is 2.86. The van der Waals surface area contributed by atoms with Gasteiger partial charge < -0.3 is 0 Å². The second-order valence-corrected chi connectivity index (χ2v) is 9.34. The molecule has 0 spiro atoms. The number of hydrogen-bond donors (Lipinski definition) is 0. The molecule has 8 rings (SSSR count). The molecule has 0 bridgehead atoms. The van der Waals surface area contributed by atoms with Crippen LogP contribution >= 0.6 is 0 Å². The quantitative estimate of drug-likeness (QED) is 0.195. The van der Waals surface area contributed by atoms with Crippen LogP contribution in [0.1, 0.15) is 5.56 Å². The topological polar surface area (TPSA) is 38.5 Å². The van der Waals surface area contributed by atoms with Gasteiger partial charge in [0, 0.05) is 27.6 Å². The highest BCUT2D eigenvalue weighted by Gasteiger charge is 2.19. The summed E-state index contributed by atoms with van der Waals surface area (Å²) in [5, 5.41) is 11.3. The minimum atomic E-state index is -0.0860. The third kappa shape index (κ3) is 1.99. The van der Waals surface area contributed by atoms with Crippen LogP contribution in [-0.4, -0.2) is 4.40 Å². The van der Waals surface area contributed by atoms with E-state index in [0.29, 0.717) is 21.8 Å². The molecule has 3 nitrogen and oxygen atoms in total. The number of fused-ring (bicyclic) bond motifs is 6. The Morgan fingerprint density at radius 2 is 1.15 bits per heavy atom. The third-order valence-corrected chi connectivity index (χ3v) is 7.52. The maximum Gasteiger partial charge on any atom is 0.263 e. The van der Waals surface area contributed by atoms with E-state index in [2.05, 4.69) is 54.6 Å². The summed E-state index contributed by atoms with van der Waals surface area (Å²) in [6.07, 6.45) is 0. The van der Waals surface area contributed by atoms with Crippen LogP contribution in [0.15, 0.2) is 94.5 Å². The van der Waals surface area contributed by atoms with Gasteiger partial charge in [0.2, 0.25) is 0 Å². The van der Waals surface area contributed by atoms with Crippen LogP contribution in [0.2, 0.25) is 0 Å². The van der Waals surface area contributed by atoms with E-state index in [1.165, 1.54) is 21.5 Å². The molecule has 0 aliphatic carbocycles. The fraction of sp³-hybridized carbons (Fsp3) is 0.0323. The Morgan fingerprint density at radius 3 is 1.88 bits per heavy atom. The Kier molecular flexibility index (Phi) is 3.11. The molecule has 0 radical (unpaired) electrons. The first kappa shape index (κ1) is 18.0. The normalized spacial score (nSPS) is 12.5. The van der Waals surface area contributed by atoms with Gasteiger partial charge in [0.1, 0.15) is 0 Å². The monoisotopic (exact) mass is 435 g/mol. The van der Waals surface area contributed by atoms with Crippen LogP contribution in [0.3, 0.4) is 0 Å². The van der Waals surface area contributed by atoms with E-state index in [0.717, 1.165) is 32.5 Å². The lowest BCUT2D eigenvalue weighted by Crippen LogP contribution is -2.18. The van der Waals surface area contributed by atoms with Crippen LogP contribution in [-0.2, 0) is 0 Å². The van der Waals surface area contributed by atoms with Crippen molar-refractivity contribution in [2.75, 3.05) is 0 Å². The fourth-order valence-corrected chi connectivity index (χ4v) is 6.10. The number of nitrogens with zero attached hydrogens (tertiary/aromatic N) is 1. The molecule has 8 aromatic rings. The molecule has 0 unspecified atom stereocenters. The number of rotatable bonds is 0. The molecule has 158 valence electrons. The summed E-state index contributed by atoms with van der Waals surface area (Å²) < 4.78 is 1.72. The van der Waals surface area contributed by atoms with Gasteiger partial charge in [-0.2, -0.15) is 0 Å². The van der Waals surface area contributed by atoms with Crippen molar-refractivity contribution >= 4 is 70.3 Å². The number of hydrogen-bond acceptors (Lipinski definition) is 2. The standard InChI is InChI=1S/C31H17NO2/c1-16-8-13-25-24(14-16)27(33)15-26-22-11-9-20-18-6-2-4-17-5-3-7-19(28(17)18)21-10-12-23(30(22)29(20)21)31(34)32(25)26/h2-15H,1H3. The minimum absolute atomic E-state index is 0.0585. The maximum atomic E-state index is 13.9. The number of aryl methyl sites for hydroxylation is 1. The van der Waals surface area contributed by atoms with E-state index >= 15 is 0 Å². The predicted molar refractivity (Wildman–Crippen MR) is 142 cm³/mol. The molecule has 0 fully saturated rings. The highest BCUT2D eigenvalue weighted by Crippen LogP contribution is 2.43. The Balaban J connectivity index is 1.73. The van der Waals surface area contributed by atoms with Crippen molar-refractivity contribution in [3.63, 3.8) is 0 Å². The van der Waals surface area contributed by atoms with Crippen molar-refractivity contribution < 1.29 is 0 Å². The number of benzene rings is 6. The molecule has 6 aromatic carbocycles. The van der Waals surface area contributed by atoms with E-state index in [-0.39, 0.29) is 11.0 Å². The highest BCUT2D eigenvalue weighted by molar-refractivity contribution is 6.37. The lowest BCUT2D eigenvalue weighted by molar-refractivity contribution is 1.18. The summed E-state index contributed by atoms with van der Waals surface area (Å²) in [5.41, 5.74) is 2.18. The third-order valence-electron chi connectivity index (χ3n) is 7.52. The van der Waals surface area contributed by atoms with Crippen LogP contribution in [0.4, 0.5) is 0 Å². The Hall–Kier alpha value is -4.50. The Morgan fingerprint density at radius 1 is 0.529 bits per heavy atom. The molecule has 2 heterocycles. The number of aromatic nitrogens is 1. The summed E-state index contributed by atoms with van der Waals surface area (Å²) >= 11 is 0. The second kappa shape index (κ2) is 5.89. The van der Waals surface area contributed by atoms with E-state index in [9.17, 15) is 9.59 Å². The van der Waals surface area contributed by atoms with Gasteiger partial charge in [0.15, 0.2) is 5.43 Å². The van der Waals surface area contributed by atoms with Crippen molar-refractivity contribution in [1.29, 1.82) is 0 Å². The maximum absolute atomic E-state index is 13.9. The average molecular weight is 435 g/mol. The van der Waals surface area contributed by atoms with Crippen molar-refractivity contribution in [3.05, 3.63) is 111 Å². The predicted octanol–water partition coefficient (Wildman–Crippen LogP) is 6.76. The summed E-state index contributed by atoms with van der Waals surface area (Å²) in [6, 6.07) is 28.4. The largest absolute Gasteiger partial charge is 0.289 e. The second-order valence-electron chi connectivity index (χ2n) is 9.34. The van der Waals surface area contributed by atoms with E-state index < -0.39 is 0 Å². The number of pyridine rings is 2. The van der Waals surface area contributed by atoms with Crippen molar-refractivity contribution in [3.8, 4) is 0 Å². The first-order chi connectivity index (χ1) is 16.6. The van der Waals surface area contributed by atoms with Gasteiger partial charge >= 0.3 is 0 Å². The highest BCUT2D eigenvalue weighted by atomic mass is 16.1. The molecule has 0 N–H and O–H groups in total. The Labute approximate surface area is 192 Å². The van der Waals surface area contributed by atoms with Gasteiger partial charge in [-0.05, 0) is 62.8 Å². The summed E-state index contributed by atoms with van der Waals surface area (Å²) in [5.74, 6) is 0. The van der Waals surface area contributed by atoms with E-state index in [4.69, 9.17) is 0 Å². The SMILES string of the molecule is Cc1ccc2c(c1)c(=O)cc1c3ccc4c5cccc6cccc(c7ccc(c(=O)n21)c3c74)c65. The van der Waals surface area contributed by atoms with Gasteiger partial charge in [0.05, 0.1) is 11.0 Å². The molecular weight excluding hydrogens is 418 g/mol. The molecule has 2 aromatic heterocycles. The van der Waals surface area contributed by atoms with Gasteiger partial charge in [-0.1, -0.05) is 66.2 Å². The zero-order valence-electron chi connectivity index (χ0n) is 18.3. The van der Waals surface area contributed by atoms with Gasteiger partial charge in [-0.15, -0.1) is 0 Å². The fourth-order valence-electron chi connectivity index (χ4n) is 6.10. The zero-order chi connectivity index (χ0) is 22.7. The summed E-state index contributed by atoms with van der Waals surface area (Å²) in [7, 11) is 0. The Bertz CT molecular complexity index is 2220. The van der Waals surface area contributed by atoms with Gasteiger partial charge in [-0.3, -0.25) is 14.0 Å². The van der Waals surface area contributed by atoms with Crippen molar-refractivity contribution in [1.82, 2.24) is 4.40 Å². The molecular formula is C31H17NO2. The van der Waals surface area contributed by atoms with Gasteiger partial charge in [0.25, 0.3) is 5.56 Å². The van der Waals surface area contributed by atoms with Crippen LogP contribution in [0, 0.1) is 6.92 Å². The van der Waals surface area contributed by atoms with E-state index in [1.807, 2.05) is 31.2 Å². The summed E-state index contributed by atoms with van der Waals surface area (Å²) in [4.78, 5) is 27.0. The van der Waals surface area contributed by atoms with E-state index in [1.54, 1.807) is 10.5 Å².